The lowest BCUT2D eigenvalue weighted by molar-refractivity contribution is -0.183. The normalized spacial score (nSPS) is 15.7. The molecule has 1 aliphatic heterocycles. The van der Waals surface area contributed by atoms with Gasteiger partial charge in [0, 0.05) is 11.1 Å². The molecule has 1 aliphatic rings. The van der Waals surface area contributed by atoms with Crippen LogP contribution in [0.3, 0.4) is 0 Å². The maximum Gasteiger partial charge on any atom is 0.416 e. The van der Waals surface area contributed by atoms with Gasteiger partial charge in [-0.25, -0.2) is 0 Å². The smallest absolute Gasteiger partial charge is 0.416 e. The van der Waals surface area contributed by atoms with Crippen molar-refractivity contribution in [3.63, 3.8) is 0 Å². The lowest BCUT2D eigenvalue weighted by Gasteiger charge is -2.24. The van der Waals surface area contributed by atoms with Gasteiger partial charge in [-0.2, -0.15) is 13.2 Å². The molecule has 26 heavy (non-hydrogen) atoms. The van der Waals surface area contributed by atoms with Crippen molar-refractivity contribution in [2.24, 2.45) is 0 Å². The maximum absolute atomic E-state index is 12.6. The van der Waals surface area contributed by atoms with Crippen molar-refractivity contribution in [2.75, 3.05) is 18.5 Å². The summed E-state index contributed by atoms with van der Waals surface area (Å²) in [6.07, 6.45) is -4.28. The van der Waals surface area contributed by atoms with Crippen LogP contribution in [0.5, 0.6) is 5.75 Å². The molecule has 0 radical (unpaired) electrons. The van der Waals surface area contributed by atoms with E-state index in [0.29, 0.717) is 18.8 Å². The molecule has 0 aromatic heterocycles. The highest BCUT2D eigenvalue weighted by molar-refractivity contribution is 6.05. The quantitative estimate of drug-likeness (QED) is 0.802. The Morgan fingerprint density at radius 2 is 1.73 bits per heavy atom. The van der Waals surface area contributed by atoms with Crippen LogP contribution in [-0.4, -0.2) is 24.2 Å². The van der Waals surface area contributed by atoms with Gasteiger partial charge >= 0.3 is 6.18 Å². The average Bonchev–Trinajstić information content (AvgIpc) is 2.63. The Labute approximate surface area is 147 Å². The van der Waals surface area contributed by atoms with Gasteiger partial charge in [-0.15, -0.1) is 0 Å². The van der Waals surface area contributed by atoms with Crippen molar-refractivity contribution in [2.45, 2.75) is 18.9 Å². The molecule has 2 aromatic rings. The van der Waals surface area contributed by atoms with E-state index >= 15 is 0 Å². The summed E-state index contributed by atoms with van der Waals surface area (Å²) in [5.41, 5.74) is -0.0751. The molecule has 1 amide bonds. The lowest BCUT2D eigenvalue weighted by atomic mass is 10.1. The van der Waals surface area contributed by atoms with Crippen LogP contribution in [0, 0.1) is 0 Å². The minimum atomic E-state index is -4.47. The lowest BCUT2D eigenvalue weighted by Crippen LogP contribution is -2.18. The Balaban J connectivity index is 1.76. The third kappa shape index (κ3) is 4.14. The Kier molecular flexibility index (Phi) is 5.15. The van der Waals surface area contributed by atoms with Gasteiger partial charge in [0.15, 0.2) is 6.29 Å². The van der Waals surface area contributed by atoms with Crippen molar-refractivity contribution in [3.8, 4) is 5.75 Å². The number of carbonyl (C=O) groups is 1. The molecular weight excluding hydrogens is 351 g/mol. The summed E-state index contributed by atoms with van der Waals surface area (Å²) >= 11 is 0. The standard InChI is InChI=1S/C18H16F3NO4/c19-18(20,21)13-5-2-11(3-6-13)16(24)22-14-10-12(4-7-15(14)23)17-25-8-1-9-26-17/h2-7,10,17,23H,1,8-9H2,(H,22,24). The van der Waals surface area contributed by atoms with E-state index in [9.17, 15) is 23.1 Å². The predicted molar refractivity (Wildman–Crippen MR) is 86.8 cm³/mol. The summed E-state index contributed by atoms with van der Waals surface area (Å²) in [6, 6.07) is 8.31. The molecule has 0 unspecified atom stereocenters. The van der Waals surface area contributed by atoms with E-state index < -0.39 is 23.9 Å². The topological polar surface area (TPSA) is 67.8 Å². The molecule has 1 heterocycles. The molecule has 2 N–H and O–H groups in total. The van der Waals surface area contributed by atoms with Crippen LogP contribution in [0.1, 0.15) is 34.2 Å². The highest BCUT2D eigenvalue weighted by Crippen LogP contribution is 2.32. The molecule has 0 aliphatic carbocycles. The second kappa shape index (κ2) is 7.35. The van der Waals surface area contributed by atoms with E-state index in [1.54, 1.807) is 6.07 Å². The molecule has 8 heteroatoms. The average molecular weight is 367 g/mol. The third-order valence-electron chi connectivity index (χ3n) is 3.84. The summed E-state index contributed by atoms with van der Waals surface area (Å²) in [4.78, 5) is 12.2. The second-order valence-corrected chi connectivity index (χ2v) is 5.73. The summed E-state index contributed by atoms with van der Waals surface area (Å²) in [5.74, 6) is -0.818. The number of phenolic OH excluding ortho intramolecular Hbond substituents is 1. The summed E-state index contributed by atoms with van der Waals surface area (Å²) in [5, 5.41) is 12.4. The van der Waals surface area contributed by atoms with E-state index in [1.165, 1.54) is 12.1 Å². The molecule has 0 bridgehead atoms. The Hall–Kier alpha value is -2.58. The number of nitrogens with one attached hydrogen (secondary N) is 1. The number of alkyl halides is 3. The molecule has 1 fully saturated rings. The number of hydrogen-bond donors (Lipinski definition) is 2. The van der Waals surface area contributed by atoms with Gasteiger partial charge in [-0.05, 0) is 42.8 Å². The molecule has 0 spiro atoms. The number of anilines is 1. The molecule has 138 valence electrons. The van der Waals surface area contributed by atoms with Crippen LogP contribution in [0.4, 0.5) is 18.9 Å². The monoisotopic (exact) mass is 367 g/mol. The van der Waals surface area contributed by atoms with Gasteiger partial charge in [-0.1, -0.05) is 6.07 Å². The van der Waals surface area contributed by atoms with E-state index in [1.807, 2.05) is 0 Å². The molecule has 2 aromatic carbocycles. The molecule has 1 saturated heterocycles. The highest BCUT2D eigenvalue weighted by atomic mass is 19.4. The Morgan fingerprint density at radius 3 is 2.35 bits per heavy atom. The number of phenols is 1. The zero-order chi connectivity index (χ0) is 18.7. The minimum Gasteiger partial charge on any atom is -0.506 e. The van der Waals surface area contributed by atoms with Crippen molar-refractivity contribution >= 4 is 11.6 Å². The van der Waals surface area contributed by atoms with Gasteiger partial charge < -0.3 is 19.9 Å². The third-order valence-corrected chi connectivity index (χ3v) is 3.84. The number of halogens is 3. The maximum atomic E-state index is 12.6. The van der Waals surface area contributed by atoms with E-state index in [4.69, 9.17) is 9.47 Å². The van der Waals surface area contributed by atoms with Crippen molar-refractivity contribution in [1.82, 2.24) is 0 Å². The van der Waals surface area contributed by atoms with Gasteiger partial charge in [0.1, 0.15) is 5.75 Å². The minimum absolute atomic E-state index is 0.0352. The number of benzene rings is 2. The predicted octanol–water partition coefficient (Wildman–Crippen LogP) is 4.10. The van der Waals surface area contributed by atoms with Crippen LogP contribution in [0.2, 0.25) is 0 Å². The number of ether oxygens (including phenoxy) is 2. The molecule has 3 rings (SSSR count). The molecule has 0 saturated carbocycles. The van der Waals surface area contributed by atoms with Gasteiger partial charge in [0.25, 0.3) is 5.91 Å². The summed E-state index contributed by atoms with van der Waals surface area (Å²) < 4.78 is 48.7. The summed E-state index contributed by atoms with van der Waals surface area (Å²) in [7, 11) is 0. The largest absolute Gasteiger partial charge is 0.506 e. The summed E-state index contributed by atoms with van der Waals surface area (Å²) in [6.45, 7) is 1.08. The van der Waals surface area contributed by atoms with Crippen LogP contribution in [0.15, 0.2) is 42.5 Å². The SMILES string of the molecule is O=C(Nc1cc(C2OCCCO2)ccc1O)c1ccc(C(F)(F)F)cc1. The number of amides is 1. The molecular formula is C18H16F3NO4. The van der Waals surface area contributed by atoms with Crippen LogP contribution < -0.4 is 5.32 Å². The van der Waals surface area contributed by atoms with Crippen molar-refractivity contribution in [3.05, 3.63) is 59.2 Å². The highest BCUT2D eigenvalue weighted by Gasteiger charge is 2.30. The zero-order valence-corrected chi connectivity index (χ0v) is 13.5. The fraction of sp³-hybridized carbons (Fsp3) is 0.278. The fourth-order valence-corrected chi connectivity index (χ4v) is 2.49. The van der Waals surface area contributed by atoms with Crippen molar-refractivity contribution < 1.29 is 32.5 Å². The fourth-order valence-electron chi connectivity index (χ4n) is 2.49. The van der Waals surface area contributed by atoms with Gasteiger partial charge in [0.05, 0.1) is 24.5 Å². The van der Waals surface area contributed by atoms with E-state index in [2.05, 4.69) is 5.32 Å². The first-order valence-electron chi connectivity index (χ1n) is 7.89. The number of hydrogen-bond acceptors (Lipinski definition) is 4. The van der Waals surface area contributed by atoms with Crippen LogP contribution in [0.25, 0.3) is 0 Å². The molecule has 5 nitrogen and oxygen atoms in total. The zero-order valence-electron chi connectivity index (χ0n) is 13.5. The number of rotatable bonds is 3. The first-order valence-corrected chi connectivity index (χ1v) is 7.89. The van der Waals surface area contributed by atoms with E-state index in [0.717, 1.165) is 30.7 Å². The number of aromatic hydroxyl groups is 1. The van der Waals surface area contributed by atoms with E-state index in [-0.39, 0.29) is 17.0 Å². The van der Waals surface area contributed by atoms with Crippen LogP contribution in [-0.2, 0) is 15.7 Å². The van der Waals surface area contributed by atoms with Crippen LogP contribution >= 0.6 is 0 Å². The number of carbonyl (C=O) groups excluding carboxylic acids is 1. The molecule has 0 atom stereocenters. The first-order chi connectivity index (χ1) is 12.3. The van der Waals surface area contributed by atoms with Gasteiger partial charge in [0.2, 0.25) is 0 Å². The first kappa shape index (κ1) is 18.2. The Bertz CT molecular complexity index is 784. The Morgan fingerprint density at radius 1 is 1.08 bits per heavy atom. The van der Waals surface area contributed by atoms with Crippen molar-refractivity contribution in [1.29, 1.82) is 0 Å². The van der Waals surface area contributed by atoms with Gasteiger partial charge in [-0.3, -0.25) is 4.79 Å². The second-order valence-electron chi connectivity index (χ2n) is 5.73.